The van der Waals surface area contributed by atoms with Crippen LogP contribution in [0.25, 0.3) is 0 Å². The summed E-state index contributed by atoms with van der Waals surface area (Å²) in [6, 6.07) is 13.3. The van der Waals surface area contributed by atoms with Crippen molar-refractivity contribution >= 4 is 53.4 Å². The summed E-state index contributed by atoms with van der Waals surface area (Å²) in [5.41, 5.74) is -9.48. The Balaban J connectivity index is 1.13. The van der Waals surface area contributed by atoms with Gasteiger partial charge in [0.15, 0.2) is 22.8 Å². The molecule has 2 heterocycles. The first-order valence-electron chi connectivity index (χ1n) is 31.1. The standard InChI is InChI=1S/C66H92N4O21/c1-39-44(35-65(81)57(88-58(78)42-24-17-14-18-25-42)54-64(89-40(2)71)38-85-45(64)34-46-66(54,90-46)56(77)52(75)50(39)63(65,9)10)86-59(79)53(51(41-22-15-13-16-23-41)69-60(80)91-62(6,7)8)87-49(74)37-70(11)36-48(73)68-43(55(76)61(3,4)5)26-19-20-28-67-47(72)27-31-83-29-21-30-84-33-32-82-12/h13-18,22-25,43-46,51-54,57,75,81H,19-21,26-38H2,1-12H3,(H,67,72)(H,68,73)(H,69,80)/t43?,44-,45+,46-,51-,52+,53+,54+,57-,64-,65+,66-/m0/s1. The van der Waals surface area contributed by atoms with Crippen molar-refractivity contribution in [3.8, 4) is 0 Å². The summed E-state index contributed by atoms with van der Waals surface area (Å²) in [6.45, 7) is 16.9. The van der Waals surface area contributed by atoms with Gasteiger partial charge in [-0.2, -0.15) is 0 Å². The number of aliphatic hydroxyl groups excluding tert-OH is 1. The number of carbonyl (C=O) groups excluding carboxylic acids is 9. The highest BCUT2D eigenvalue weighted by Gasteiger charge is 2.86. The summed E-state index contributed by atoms with van der Waals surface area (Å²) in [7, 11) is 3.03. The summed E-state index contributed by atoms with van der Waals surface area (Å²) >= 11 is 0. The molecule has 1 unspecified atom stereocenters. The summed E-state index contributed by atoms with van der Waals surface area (Å²) in [4.78, 5) is 128. The Morgan fingerprint density at radius 3 is 2.09 bits per heavy atom. The molecule has 502 valence electrons. The first kappa shape index (κ1) is 71.7. The van der Waals surface area contributed by atoms with Crippen LogP contribution >= 0.6 is 0 Å². The highest BCUT2D eigenvalue weighted by Crippen LogP contribution is 2.67. The number of benzene rings is 2. The third-order valence-corrected chi connectivity index (χ3v) is 17.5. The van der Waals surface area contributed by atoms with Gasteiger partial charge in [-0.1, -0.05) is 83.1 Å². The fourth-order valence-electron chi connectivity index (χ4n) is 12.9. The number of rotatable bonds is 30. The van der Waals surface area contributed by atoms with Crippen molar-refractivity contribution in [1.29, 1.82) is 0 Å². The van der Waals surface area contributed by atoms with Gasteiger partial charge < -0.3 is 73.5 Å². The number of Topliss-reactive ketones (excluding diaryl/α,β-unsaturated/α-hetero) is 2. The van der Waals surface area contributed by atoms with E-state index in [1.165, 1.54) is 31.0 Å². The predicted octanol–water partition coefficient (Wildman–Crippen LogP) is 4.36. The lowest BCUT2D eigenvalue weighted by Gasteiger charge is -2.63. The second kappa shape index (κ2) is 29.9. The SMILES string of the molecule is COCCOCCCOCCC(=O)NCCCCC(NC(=O)CN(C)CC(=O)O[C@@H](C(=O)O[C@H]1C[C@@]2(O)[C@@H](OC(=O)c3ccccc3)[C@@H]3[C@]4(OC(C)=O)CO[C@@H]4C[C@@H]4O[C@@]43C(=O)[C@H](O)C(=C1C)C2(C)C)[C@@H](NC(=O)OC(C)(C)C)c1ccccc1)C(=O)C(C)(C)C. The number of hydrogen-bond acceptors (Lipinski definition) is 22. The molecule has 3 aliphatic carbocycles. The number of nitrogens with zero attached hydrogens (tertiary/aromatic N) is 1. The summed E-state index contributed by atoms with van der Waals surface area (Å²) in [6.07, 6.45) is -8.91. The second-order valence-electron chi connectivity index (χ2n) is 26.7. The number of amides is 3. The molecule has 4 fully saturated rings. The minimum atomic E-state index is -2.44. The zero-order valence-corrected chi connectivity index (χ0v) is 54.4. The van der Waals surface area contributed by atoms with Crippen LogP contribution in [0.2, 0.25) is 0 Å². The molecule has 5 aliphatic rings. The number of alkyl carbamates (subject to hydrolysis) is 1. The third-order valence-electron chi connectivity index (χ3n) is 17.5. The second-order valence-corrected chi connectivity index (χ2v) is 26.7. The van der Waals surface area contributed by atoms with Crippen molar-refractivity contribution in [1.82, 2.24) is 20.9 Å². The number of ether oxygens (including phenoxy) is 10. The molecule has 2 aromatic rings. The predicted molar refractivity (Wildman–Crippen MR) is 324 cm³/mol. The summed E-state index contributed by atoms with van der Waals surface area (Å²) in [5, 5.41) is 34.7. The average molecular weight is 1280 g/mol. The Morgan fingerprint density at radius 1 is 0.813 bits per heavy atom. The molecule has 2 aliphatic heterocycles. The molecule has 2 saturated heterocycles. The van der Waals surface area contributed by atoms with E-state index in [2.05, 4.69) is 16.0 Å². The number of epoxide rings is 1. The number of unbranched alkanes of at least 4 members (excludes halogenated alkanes) is 1. The Kier molecular flexibility index (Phi) is 23.6. The summed E-state index contributed by atoms with van der Waals surface area (Å²) < 4.78 is 58.8. The zero-order chi connectivity index (χ0) is 66.9. The Bertz CT molecular complexity index is 2980. The van der Waals surface area contributed by atoms with Gasteiger partial charge in [-0.25, -0.2) is 14.4 Å². The van der Waals surface area contributed by atoms with Crippen LogP contribution in [0.5, 0.6) is 0 Å². The van der Waals surface area contributed by atoms with Crippen molar-refractivity contribution in [2.45, 2.75) is 185 Å². The Labute approximate surface area is 531 Å². The maximum atomic E-state index is 15.4. The quantitative estimate of drug-likeness (QED) is 0.0238. The molecule has 1 spiro atoms. The largest absolute Gasteiger partial charge is 0.455 e. The maximum Gasteiger partial charge on any atom is 0.408 e. The third kappa shape index (κ3) is 16.7. The number of hydrogen-bond donors (Lipinski definition) is 5. The van der Waals surface area contributed by atoms with E-state index >= 15 is 9.59 Å². The molecular formula is C66H92N4O21. The van der Waals surface area contributed by atoms with Crippen molar-refractivity contribution in [2.24, 2.45) is 16.7 Å². The molecule has 91 heavy (non-hydrogen) atoms. The van der Waals surface area contributed by atoms with Gasteiger partial charge in [-0.05, 0) is 89.3 Å². The van der Waals surface area contributed by atoms with E-state index in [0.29, 0.717) is 52.2 Å². The van der Waals surface area contributed by atoms with Crippen LogP contribution in [0.1, 0.15) is 136 Å². The number of nitrogens with one attached hydrogen (secondary N) is 3. The highest BCUT2D eigenvalue weighted by atomic mass is 16.7. The number of ketones is 2. The lowest BCUT2D eigenvalue weighted by molar-refractivity contribution is -0.315. The van der Waals surface area contributed by atoms with Gasteiger partial charge >= 0.3 is 30.0 Å². The van der Waals surface area contributed by atoms with E-state index in [1.807, 2.05) is 0 Å². The van der Waals surface area contributed by atoms with Crippen LogP contribution < -0.4 is 16.0 Å². The first-order valence-corrected chi connectivity index (χ1v) is 31.1. The van der Waals surface area contributed by atoms with Crippen LogP contribution in [-0.2, 0) is 80.9 Å². The Morgan fingerprint density at radius 2 is 1.47 bits per heavy atom. The van der Waals surface area contributed by atoms with Gasteiger partial charge in [0.1, 0.15) is 41.7 Å². The normalized spacial score (nSPS) is 26.5. The minimum Gasteiger partial charge on any atom is -0.455 e. The van der Waals surface area contributed by atoms with E-state index in [-0.39, 0.29) is 66.4 Å². The molecule has 12 atom stereocenters. The van der Waals surface area contributed by atoms with Crippen LogP contribution in [0.15, 0.2) is 71.8 Å². The molecule has 25 nitrogen and oxygen atoms in total. The number of esters is 4. The number of aliphatic hydroxyl groups is 2. The molecule has 2 saturated carbocycles. The van der Waals surface area contributed by atoms with Gasteiger partial charge in [0, 0.05) is 63.9 Å². The smallest absolute Gasteiger partial charge is 0.408 e. The van der Waals surface area contributed by atoms with Gasteiger partial charge in [0.25, 0.3) is 0 Å². The summed E-state index contributed by atoms with van der Waals surface area (Å²) in [5.74, 6) is -7.55. The molecule has 3 amide bonds. The zero-order valence-electron chi connectivity index (χ0n) is 54.4. The van der Waals surface area contributed by atoms with Gasteiger partial charge in [0.05, 0.1) is 63.1 Å². The molecule has 25 heteroatoms. The van der Waals surface area contributed by atoms with Crippen LogP contribution in [0.4, 0.5) is 4.79 Å². The molecule has 2 bridgehead atoms. The van der Waals surface area contributed by atoms with E-state index in [1.54, 1.807) is 111 Å². The number of likely N-dealkylation sites (N-methyl/N-ethyl adjacent to an activating group) is 1. The van der Waals surface area contributed by atoms with Gasteiger partial charge in [0.2, 0.25) is 17.9 Å². The molecule has 7 rings (SSSR count). The fourth-order valence-corrected chi connectivity index (χ4v) is 12.9. The van der Waals surface area contributed by atoms with E-state index in [4.69, 9.17) is 47.4 Å². The van der Waals surface area contributed by atoms with Crippen molar-refractivity contribution in [3.05, 3.63) is 82.9 Å². The first-order chi connectivity index (χ1) is 42.8. The van der Waals surface area contributed by atoms with Crippen LogP contribution in [0.3, 0.4) is 0 Å². The molecular weight excluding hydrogens is 1180 g/mol. The Hall–Kier alpha value is -6.71. The molecule has 2 aromatic carbocycles. The fraction of sp³-hybridized carbons (Fsp3) is 0.652. The molecule has 5 N–H and O–H groups in total. The van der Waals surface area contributed by atoms with E-state index in [0.717, 1.165) is 6.92 Å². The van der Waals surface area contributed by atoms with Crippen molar-refractivity contribution < 1.29 is 101 Å². The number of methoxy groups -OCH3 is 1. The maximum absolute atomic E-state index is 15.4. The topological polar surface area (TPSA) is 329 Å². The van der Waals surface area contributed by atoms with E-state index < -0.39 is 149 Å². The number of carbonyl (C=O) groups is 9. The minimum absolute atomic E-state index is 0.0564. The van der Waals surface area contributed by atoms with Crippen LogP contribution in [0, 0.1) is 16.7 Å². The molecule has 0 radical (unpaired) electrons. The lowest BCUT2D eigenvalue weighted by atomic mass is 9.49. The monoisotopic (exact) mass is 1280 g/mol. The van der Waals surface area contributed by atoms with E-state index in [9.17, 15) is 43.8 Å². The lowest BCUT2D eigenvalue weighted by Crippen LogP contribution is -2.79. The van der Waals surface area contributed by atoms with Crippen molar-refractivity contribution in [3.63, 3.8) is 0 Å². The van der Waals surface area contributed by atoms with Crippen molar-refractivity contribution in [2.75, 3.05) is 73.4 Å². The van der Waals surface area contributed by atoms with Gasteiger partial charge in [-0.15, -0.1) is 0 Å². The average Bonchev–Trinajstić information content (AvgIpc) is 1.56. The number of fused-ring (bicyclic) bond motifs is 4. The van der Waals surface area contributed by atoms with Gasteiger partial charge in [-0.3, -0.25) is 33.7 Å². The molecule has 0 aromatic heterocycles. The van der Waals surface area contributed by atoms with Crippen LogP contribution in [-0.4, -0.2) is 207 Å². The highest BCUT2D eigenvalue weighted by molar-refractivity contribution is 5.99.